The summed E-state index contributed by atoms with van der Waals surface area (Å²) in [5, 5.41) is 1.32. The van der Waals surface area contributed by atoms with Gasteiger partial charge in [0.2, 0.25) is 0 Å². The first kappa shape index (κ1) is 24.0. The number of nitrogens with zero attached hydrogens (tertiary/aromatic N) is 1. The minimum absolute atomic E-state index is 0. The first-order valence-electron chi connectivity index (χ1n) is 10.9. The molecule has 6 rings (SSSR count). The van der Waals surface area contributed by atoms with E-state index in [0.717, 1.165) is 12.8 Å². The topological polar surface area (TPSA) is 4.93 Å². The molecule has 0 radical (unpaired) electrons. The summed E-state index contributed by atoms with van der Waals surface area (Å²) >= 11 is -1.15. The average Bonchev–Trinajstić information content (AvgIpc) is 3.52. The van der Waals surface area contributed by atoms with Gasteiger partial charge in [-0.3, -0.25) is 0 Å². The molecule has 1 atom stereocenters. The summed E-state index contributed by atoms with van der Waals surface area (Å²) in [5.74, 6) is 0. The largest absolute Gasteiger partial charge is 1.00 e. The fourth-order valence-electron chi connectivity index (χ4n) is 4.83. The first-order valence-corrected chi connectivity index (χ1v) is 14.8. The van der Waals surface area contributed by atoms with Crippen molar-refractivity contribution in [2.24, 2.45) is 0 Å². The van der Waals surface area contributed by atoms with Gasteiger partial charge in [0.25, 0.3) is 0 Å². The Morgan fingerprint density at radius 2 is 1.58 bits per heavy atom. The van der Waals surface area contributed by atoms with Gasteiger partial charge in [0, 0.05) is 0 Å². The maximum atomic E-state index is 2.45. The third kappa shape index (κ3) is 4.62. The zero-order valence-corrected chi connectivity index (χ0v) is 23.2. The van der Waals surface area contributed by atoms with Crippen LogP contribution in [0.2, 0.25) is 0 Å². The quantitative estimate of drug-likeness (QED) is 0.292. The standard InChI is InChI=1S/C17H12N.C12H11.2ClH.Hf/c1-2-7-15-12-16(11-14(15)6-1)18-10-9-13-5-3-4-8-17(13)18;1-2-6-11(7-3-1)10-12-8-4-5-9-12;;;/h1-12H;1-4,6-8H,5,10H2;2*1H;/q;;;;+2/p-2. The first-order chi connectivity index (χ1) is 15.4. The van der Waals surface area contributed by atoms with E-state index in [9.17, 15) is 0 Å². The van der Waals surface area contributed by atoms with E-state index in [1.54, 1.807) is 8.90 Å². The number of rotatable bonds is 5. The minimum atomic E-state index is -1.15. The number of allylic oxidation sites excluding steroid dienone is 5. The van der Waals surface area contributed by atoms with Crippen LogP contribution in [-0.4, -0.2) is 4.57 Å². The zero-order valence-electron chi connectivity index (χ0n) is 18.1. The van der Waals surface area contributed by atoms with Crippen molar-refractivity contribution in [1.82, 2.24) is 4.57 Å². The van der Waals surface area contributed by atoms with Crippen molar-refractivity contribution in [3.63, 3.8) is 0 Å². The molecular weight excluding hydrogens is 612 g/mol. The molecule has 1 unspecified atom stereocenters. The van der Waals surface area contributed by atoms with Gasteiger partial charge in [0.05, 0.1) is 0 Å². The van der Waals surface area contributed by atoms with Crippen molar-refractivity contribution in [2.45, 2.75) is 16.5 Å². The monoisotopic (exact) mass is 635 g/mol. The fraction of sp³-hybridized carbons (Fsp3) is 0.103. The molecule has 33 heavy (non-hydrogen) atoms. The van der Waals surface area contributed by atoms with Gasteiger partial charge in [-0.05, 0) is 0 Å². The van der Waals surface area contributed by atoms with Gasteiger partial charge in [0.15, 0.2) is 0 Å². The van der Waals surface area contributed by atoms with E-state index in [-0.39, 0.29) is 24.8 Å². The van der Waals surface area contributed by atoms with Crippen LogP contribution in [0.4, 0.5) is 0 Å². The second kappa shape index (κ2) is 10.4. The van der Waals surface area contributed by atoms with Crippen molar-refractivity contribution in [3.05, 3.63) is 129 Å². The normalized spacial score (nSPS) is 16.1. The molecule has 1 nitrogen and oxygen atoms in total. The summed E-state index contributed by atoms with van der Waals surface area (Å²) in [6.45, 7) is 0. The van der Waals surface area contributed by atoms with Crippen molar-refractivity contribution in [1.29, 1.82) is 0 Å². The molecule has 0 saturated carbocycles. The number of para-hydroxylation sites is 1. The van der Waals surface area contributed by atoms with E-state index in [0.29, 0.717) is 3.67 Å². The van der Waals surface area contributed by atoms with E-state index >= 15 is 0 Å². The van der Waals surface area contributed by atoms with Gasteiger partial charge in [-0.25, -0.2) is 0 Å². The molecule has 2 aliphatic rings. The Labute approximate surface area is 219 Å². The van der Waals surface area contributed by atoms with Gasteiger partial charge in [0.1, 0.15) is 0 Å². The van der Waals surface area contributed by atoms with Crippen LogP contribution in [0.15, 0.2) is 112 Å². The van der Waals surface area contributed by atoms with Crippen LogP contribution in [0, 0.1) is 0 Å². The molecule has 0 N–H and O–H groups in total. The third-order valence-corrected chi connectivity index (χ3v) is 12.7. The molecule has 0 spiro atoms. The fourth-order valence-corrected chi connectivity index (χ4v) is 11.0. The number of hydrogen-bond acceptors (Lipinski definition) is 0. The molecule has 0 aliphatic heterocycles. The van der Waals surface area contributed by atoms with E-state index in [1.807, 2.05) is 0 Å². The molecule has 2 aliphatic carbocycles. The maximum absolute atomic E-state index is 2.45. The van der Waals surface area contributed by atoms with Crippen LogP contribution in [0.1, 0.15) is 26.8 Å². The third-order valence-electron chi connectivity index (χ3n) is 6.37. The SMILES string of the molecule is C1=CC(Cc2ccccc2)=[C]([Hf+2][CH]2C(n3ccc4ccccc43)=Cc3ccccc32)C1.[Cl-].[Cl-]. The Morgan fingerprint density at radius 3 is 2.45 bits per heavy atom. The number of hydrogen-bond donors (Lipinski definition) is 0. The van der Waals surface area contributed by atoms with Crippen LogP contribution < -0.4 is 24.8 Å². The van der Waals surface area contributed by atoms with Crippen molar-refractivity contribution in [2.75, 3.05) is 0 Å². The van der Waals surface area contributed by atoms with Crippen LogP contribution in [0.3, 0.4) is 0 Å². The van der Waals surface area contributed by atoms with Gasteiger partial charge >= 0.3 is 196 Å². The molecule has 0 fully saturated rings. The van der Waals surface area contributed by atoms with Gasteiger partial charge < -0.3 is 24.8 Å². The number of fused-ring (bicyclic) bond motifs is 2. The summed E-state index contributed by atoms with van der Waals surface area (Å²) in [4.78, 5) is 0. The Morgan fingerprint density at radius 1 is 0.818 bits per heavy atom. The molecule has 162 valence electrons. The average molecular weight is 635 g/mol. The molecule has 3 aromatic carbocycles. The van der Waals surface area contributed by atoms with E-state index < -0.39 is 22.9 Å². The molecule has 4 aromatic rings. The van der Waals surface area contributed by atoms with Crippen LogP contribution >= 0.6 is 0 Å². The Balaban J connectivity index is 0.00000130. The van der Waals surface area contributed by atoms with Crippen LogP contribution in [0.25, 0.3) is 22.7 Å². The second-order valence-corrected chi connectivity index (χ2v) is 13.6. The summed E-state index contributed by atoms with van der Waals surface area (Å²) in [6, 6.07) is 31.0. The summed E-state index contributed by atoms with van der Waals surface area (Å²) in [5.41, 5.74) is 8.74. The smallest absolute Gasteiger partial charge is 1.00 e. The Hall–Kier alpha value is -2.13. The van der Waals surface area contributed by atoms with Crippen molar-refractivity contribution < 1.29 is 47.7 Å². The summed E-state index contributed by atoms with van der Waals surface area (Å²) < 4.78 is 4.80. The Bertz CT molecular complexity index is 1360. The second-order valence-electron chi connectivity index (χ2n) is 8.29. The molecule has 0 bridgehead atoms. The zero-order chi connectivity index (χ0) is 20.6. The molecule has 1 heterocycles. The number of aromatic nitrogens is 1. The van der Waals surface area contributed by atoms with Crippen LogP contribution in [-0.2, 0) is 29.3 Å². The van der Waals surface area contributed by atoms with Crippen LogP contribution in [0.5, 0.6) is 0 Å². The molecule has 1 aromatic heterocycles. The predicted octanol–water partition coefficient (Wildman–Crippen LogP) is 1.24. The molecular formula is C29H23Cl2HfN. The minimum Gasteiger partial charge on any atom is -1.00 e. The van der Waals surface area contributed by atoms with Gasteiger partial charge in [-0.2, -0.15) is 0 Å². The number of benzene rings is 3. The van der Waals surface area contributed by atoms with Crippen molar-refractivity contribution >= 4 is 22.7 Å². The van der Waals surface area contributed by atoms with Gasteiger partial charge in [-0.1, -0.05) is 0 Å². The maximum Gasteiger partial charge on any atom is -1.00 e. The summed E-state index contributed by atoms with van der Waals surface area (Å²) in [7, 11) is 0. The summed E-state index contributed by atoms with van der Waals surface area (Å²) in [6.07, 6.45) is 11.7. The Kier molecular flexibility index (Phi) is 7.58. The molecule has 0 saturated heterocycles. The van der Waals surface area contributed by atoms with E-state index in [1.165, 1.54) is 33.3 Å². The molecule has 4 heteroatoms. The molecule has 0 amide bonds. The van der Waals surface area contributed by atoms with E-state index in [2.05, 4.69) is 114 Å². The van der Waals surface area contributed by atoms with Crippen molar-refractivity contribution in [3.8, 4) is 0 Å². The van der Waals surface area contributed by atoms with E-state index in [4.69, 9.17) is 0 Å². The predicted molar refractivity (Wildman–Crippen MR) is 126 cm³/mol. The number of halogens is 2. The van der Waals surface area contributed by atoms with Gasteiger partial charge in [-0.15, -0.1) is 0 Å².